The van der Waals surface area contributed by atoms with Gasteiger partial charge in [-0.3, -0.25) is 4.99 Å². The van der Waals surface area contributed by atoms with Crippen LogP contribution in [0.1, 0.15) is 57.2 Å². The van der Waals surface area contributed by atoms with Gasteiger partial charge in [0.1, 0.15) is 5.75 Å². The number of aliphatic imine (C=N–C) groups is 1. The minimum atomic E-state index is -0.556. The van der Waals surface area contributed by atoms with Crippen molar-refractivity contribution in [1.82, 2.24) is 0 Å². The van der Waals surface area contributed by atoms with E-state index in [-0.39, 0.29) is 5.41 Å². The van der Waals surface area contributed by atoms with Crippen LogP contribution >= 0.6 is 18.6 Å². The van der Waals surface area contributed by atoms with E-state index < -0.39 is 17.0 Å². The van der Waals surface area contributed by atoms with Gasteiger partial charge in [-0.1, -0.05) is 65.0 Å². The monoisotopic (exact) mass is 413 g/mol. The molecule has 2 nitrogen and oxygen atoms in total. The molecule has 2 rings (SSSR count). The van der Waals surface area contributed by atoms with E-state index in [1.807, 2.05) is 36.4 Å². The van der Waals surface area contributed by atoms with Crippen molar-refractivity contribution in [3.63, 3.8) is 0 Å². The zero-order valence-electron chi connectivity index (χ0n) is 15.3. The fourth-order valence-electron chi connectivity index (χ4n) is 2.50. The maximum absolute atomic E-state index is 10.5. The summed E-state index contributed by atoms with van der Waals surface area (Å²) < 4.78 is 0. The van der Waals surface area contributed by atoms with Crippen LogP contribution in [0.5, 0.6) is 5.75 Å². The van der Waals surface area contributed by atoms with Crippen molar-refractivity contribution in [2.24, 2.45) is 4.99 Å². The third kappa shape index (κ3) is 6.79. The van der Waals surface area contributed by atoms with E-state index in [1.165, 1.54) is 5.56 Å². The van der Waals surface area contributed by atoms with E-state index >= 15 is 0 Å². The molecular formula is C20H25Cl2NOTi. The third-order valence-electron chi connectivity index (χ3n) is 3.78. The standard InChI is InChI=1S/C20H25NO.2ClH.Ti/c1-14(2)16-10-6-7-12-18(16)21-13-15-9-8-11-17(19(15)22)20(3,4)5;;;/h6-14,22H,1-5H3;2*1H;/q;;;+2/p-2. The van der Waals surface area contributed by atoms with Crippen LogP contribution in [-0.4, -0.2) is 11.3 Å². The van der Waals surface area contributed by atoms with Gasteiger partial charge in [0, 0.05) is 11.8 Å². The van der Waals surface area contributed by atoms with Crippen molar-refractivity contribution in [3.05, 3.63) is 59.2 Å². The zero-order valence-corrected chi connectivity index (χ0v) is 18.4. The van der Waals surface area contributed by atoms with Crippen molar-refractivity contribution in [2.45, 2.75) is 46.0 Å². The number of benzene rings is 2. The van der Waals surface area contributed by atoms with Gasteiger partial charge >= 0.3 is 35.6 Å². The summed E-state index contributed by atoms with van der Waals surface area (Å²) >= 11 is -0.556. The van der Waals surface area contributed by atoms with Gasteiger partial charge in [0.15, 0.2) is 0 Å². The van der Waals surface area contributed by atoms with Crippen LogP contribution in [0.15, 0.2) is 47.5 Å². The topological polar surface area (TPSA) is 32.6 Å². The first-order chi connectivity index (χ1) is 11.7. The number of para-hydroxylation sites is 2. The van der Waals surface area contributed by atoms with Crippen molar-refractivity contribution in [1.29, 1.82) is 0 Å². The van der Waals surface area contributed by atoms with Crippen LogP contribution < -0.4 is 0 Å². The molecule has 0 saturated carbocycles. The van der Waals surface area contributed by atoms with Crippen LogP contribution in [0.3, 0.4) is 0 Å². The Hall–Kier alpha value is -0.796. The van der Waals surface area contributed by atoms with Crippen LogP contribution in [0.25, 0.3) is 0 Å². The number of hydrogen-bond donors (Lipinski definition) is 1. The molecule has 0 aliphatic heterocycles. The summed E-state index contributed by atoms with van der Waals surface area (Å²) in [6.45, 7) is 10.6. The molecule has 0 atom stereocenters. The second-order valence-corrected chi connectivity index (χ2v) is 9.62. The first-order valence-corrected chi connectivity index (χ1v) is 12.4. The number of phenolic OH excluding ortho intramolecular Hbond substituents is 1. The molecule has 5 heteroatoms. The summed E-state index contributed by atoms with van der Waals surface area (Å²) in [6, 6.07) is 14.0. The van der Waals surface area contributed by atoms with Gasteiger partial charge in [0.2, 0.25) is 0 Å². The number of nitrogens with zero attached hydrogens (tertiary/aromatic N) is 1. The van der Waals surface area contributed by atoms with Gasteiger partial charge < -0.3 is 5.11 Å². The van der Waals surface area contributed by atoms with E-state index in [1.54, 1.807) is 6.21 Å². The molecule has 0 aliphatic rings. The predicted molar refractivity (Wildman–Crippen MR) is 106 cm³/mol. The Morgan fingerprint density at radius 1 is 1.04 bits per heavy atom. The summed E-state index contributed by atoms with van der Waals surface area (Å²) in [5, 5.41) is 10.5. The molecule has 0 fully saturated rings. The Labute approximate surface area is 168 Å². The van der Waals surface area contributed by atoms with Crippen LogP contribution in [0, 0.1) is 0 Å². The molecule has 0 unspecified atom stereocenters. The summed E-state index contributed by atoms with van der Waals surface area (Å²) in [7, 11) is 9.78. The number of rotatable bonds is 3. The molecule has 0 amide bonds. The quantitative estimate of drug-likeness (QED) is 0.428. The van der Waals surface area contributed by atoms with Crippen LogP contribution in [0.4, 0.5) is 5.69 Å². The first kappa shape index (κ1) is 22.2. The number of phenols is 1. The second-order valence-electron chi connectivity index (χ2n) is 7.04. The molecule has 0 radical (unpaired) electrons. The molecule has 0 aliphatic carbocycles. The Bertz CT molecular complexity index is 709. The number of halogens is 2. The predicted octanol–water partition coefficient (Wildman–Crippen LogP) is 6.94. The van der Waals surface area contributed by atoms with E-state index in [2.05, 4.69) is 45.7 Å². The number of aromatic hydroxyl groups is 1. The normalized spacial score (nSPS) is 11.4. The Morgan fingerprint density at radius 3 is 2.20 bits per heavy atom. The summed E-state index contributed by atoms with van der Waals surface area (Å²) in [5.74, 6) is 0.739. The van der Waals surface area contributed by atoms with Crippen molar-refractivity contribution in [3.8, 4) is 5.75 Å². The summed E-state index contributed by atoms with van der Waals surface area (Å²) in [5.41, 5.74) is 3.77. The van der Waals surface area contributed by atoms with Gasteiger partial charge in [-0.15, -0.1) is 0 Å². The first-order valence-electron chi connectivity index (χ1n) is 8.14. The fourth-order valence-corrected chi connectivity index (χ4v) is 2.50. The fraction of sp³-hybridized carbons (Fsp3) is 0.350. The SMILES string of the molecule is CC(C)c1ccccc1N=Cc1cccc(C(C)(C)C)c1O.[Cl][Ti][Cl]. The molecule has 0 saturated heterocycles. The van der Waals surface area contributed by atoms with Crippen LogP contribution in [0.2, 0.25) is 0 Å². The molecule has 25 heavy (non-hydrogen) atoms. The third-order valence-corrected chi connectivity index (χ3v) is 3.78. The van der Waals surface area contributed by atoms with Crippen molar-refractivity contribution in [2.75, 3.05) is 0 Å². The molecule has 0 spiro atoms. The van der Waals surface area contributed by atoms with E-state index in [0.717, 1.165) is 16.8 Å². The molecule has 134 valence electrons. The molecule has 0 aromatic heterocycles. The van der Waals surface area contributed by atoms with Gasteiger partial charge in [-0.25, -0.2) is 0 Å². The Balaban J connectivity index is 0.000000970. The van der Waals surface area contributed by atoms with E-state index in [0.29, 0.717) is 11.7 Å². The molecule has 0 bridgehead atoms. The van der Waals surface area contributed by atoms with E-state index in [4.69, 9.17) is 18.6 Å². The summed E-state index contributed by atoms with van der Waals surface area (Å²) in [6.07, 6.45) is 1.76. The van der Waals surface area contributed by atoms with Crippen molar-refractivity contribution >= 4 is 30.5 Å². The summed E-state index contributed by atoms with van der Waals surface area (Å²) in [4.78, 5) is 4.60. The molecule has 2 aromatic carbocycles. The van der Waals surface area contributed by atoms with Gasteiger partial charge in [-0.05, 0) is 34.6 Å². The van der Waals surface area contributed by atoms with E-state index in [9.17, 15) is 5.11 Å². The van der Waals surface area contributed by atoms with Gasteiger partial charge in [-0.2, -0.15) is 0 Å². The maximum atomic E-state index is 10.5. The number of hydrogen-bond acceptors (Lipinski definition) is 2. The Morgan fingerprint density at radius 2 is 1.64 bits per heavy atom. The van der Waals surface area contributed by atoms with Crippen molar-refractivity contribution < 1.29 is 22.1 Å². The van der Waals surface area contributed by atoms with Gasteiger partial charge in [0.05, 0.1) is 5.69 Å². The molecule has 1 N–H and O–H groups in total. The van der Waals surface area contributed by atoms with Gasteiger partial charge in [0.25, 0.3) is 0 Å². The minimum absolute atomic E-state index is 0.0935. The van der Waals surface area contributed by atoms with Crippen LogP contribution in [-0.2, 0) is 22.4 Å². The average Bonchev–Trinajstić information content (AvgIpc) is 2.53. The molecule has 0 heterocycles. The molecular weight excluding hydrogens is 389 g/mol. The Kier molecular flexibility index (Phi) is 9.23. The average molecular weight is 414 g/mol. The zero-order chi connectivity index (χ0) is 19.0. The molecule has 2 aromatic rings. The second kappa shape index (κ2) is 10.4.